The summed E-state index contributed by atoms with van der Waals surface area (Å²) in [5.41, 5.74) is 1.45. The molecule has 72 valence electrons. The number of rotatable bonds is 2. The summed E-state index contributed by atoms with van der Waals surface area (Å²) in [5, 5.41) is 9.90. The summed E-state index contributed by atoms with van der Waals surface area (Å²) in [4.78, 5) is 0. The summed E-state index contributed by atoms with van der Waals surface area (Å²) in [7, 11) is 0. The lowest BCUT2D eigenvalue weighted by molar-refractivity contribution is 0.0776. The van der Waals surface area contributed by atoms with E-state index in [0.29, 0.717) is 0 Å². The van der Waals surface area contributed by atoms with Gasteiger partial charge in [-0.25, -0.2) is 0 Å². The molecule has 0 aliphatic rings. The molecule has 0 unspecified atom stereocenters. The zero-order chi connectivity index (χ0) is 10.1. The first kappa shape index (κ1) is 10.7. The Morgan fingerprint density at radius 1 is 1.38 bits per heavy atom. The third-order valence-electron chi connectivity index (χ3n) is 2.11. The van der Waals surface area contributed by atoms with Crippen molar-refractivity contribution in [2.75, 3.05) is 0 Å². The van der Waals surface area contributed by atoms with Crippen molar-refractivity contribution in [1.29, 1.82) is 0 Å². The van der Waals surface area contributed by atoms with Gasteiger partial charge in [0.25, 0.3) is 0 Å². The van der Waals surface area contributed by atoms with E-state index >= 15 is 0 Å². The van der Waals surface area contributed by atoms with Gasteiger partial charge in [0.05, 0.1) is 5.60 Å². The maximum atomic E-state index is 9.90. The van der Waals surface area contributed by atoms with Gasteiger partial charge in [-0.1, -0.05) is 28.9 Å². The van der Waals surface area contributed by atoms with Crippen LogP contribution >= 0.6 is 15.9 Å². The highest BCUT2D eigenvalue weighted by molar-refractivity contribution is 9.10. The standard InChI is InChI=1S/C11H15BrO/c1-4-8-5-6-9(12)7-10(8)11(2,3)13/h5-7,13H,4H2,1-3H3. The van der Waals surface area contributed by atoms with E-state index in [1.54, 1.807) is 0 Å². The van der Waals surface area contributed by atoms with Crippen LogP contribution in [-0.2, 0) is 12.0 Å². The van der Waals surface area contributed by atoms with Gasteiger partial charge in [-0.3, -0.25) is 0 Å². The molecular formula is C11H15BrO. The monoisotopic (exact) mass is 242 g/mol. The highest BCUT2D eigenvalue weighted by Gasteiger charge is 2.19. The van der Waals surface area contributed by atoms with Gasteiger partial charge in [0.1, 0.15) is 0 Å². The third-order valence-corrected chi connectivity index (χ3v) is 2.61. The maximum Gasteiger partial charge on any atom is 0.0843 e. The van der Waals surface area contributed by atoms with Crippen molar-refractivity contribution in [2.45, 2.75) is 32.8 Å². The number of halogens is 1. The van der Waals surface area contributed by atoms with Gasteiger partial charge in [0.2, 0.25) is 0 Å². The Hall–Kier alpha value is -0.340. The van der Waals surface area contributed by atoms with Gasteiger partial charge in [0.15, 0.2) is 0 Å². The lowest BCUT2D eigenvalue weighted by Crippen LogP contribution is -2.17. The van der Waals surface area contributed by atoms with Crippen LogP contribution in [0.2, 0.25) is 0 Å². The van der Waals surface area contributed by atoms with Crippen LogP contribution in [0.1, 0.15) is 31.9 Å². The van der Waals surface area contributed by atoms with Crippen molar-refractivity contribution < 1.29 is 5.11 Å². The Morgan fingerprint density at radius 3 is 2.46 bits per heavy atom. The van der Waals surface area contributed by atoms with Crippen molar-refractivity contribution >= 4 is 15.9 Å². The van der Waals surface area contributed by atoms with E-state index in [2.05, 4.69) is 28.9 Å². The largest absolute Gasteiger partial charge is 0.386 e. The summed E-state index contributed by atoms with van der Waals surface area (Å²) >= 11 is 3.41. The molecule has 0 amide bonds. The highest BCUT2D eigenvalue weighted by Crippen LogP contribution is 2.27. The molecule has 2 heteroatoms. The molecule has 0 saturated carbocycles. The first-order chi connectivity index (χ1) is 5.95. The fraction of sp³-hybridized carbons (Fsp3) is 0.455. The molecular weight excluding hydrogens is 228 g/mol. The molecule has 1 nitrogen and oxygen atoms in total. The second-order valence-corrected chi connectivity index (χ2v) is 4.63. The van der Waals surface area contributed by atoms with Crippen LogP contribution in [0.25, 0.3) is 0 Å². The molecule has 0 heterocycles. The van der Waals surface area contributed by atoms with Crippen molar-refractivity contribution in [2.24, 2.45) is 0 Å². The van der Waals surface area contributed by atoms with Gasteiger partial charge in [-0.2, -0.15) is 0 Å². The smallest absolute Gasteiger partial charge is 0.0843 e. The molecule has 0 aliphatic heterocycles. The van der Waals surface area contributed by atoms with E-state index in [1.165, 1.54) is 5.56 Å². The molecule has 0 bridgehead atoms. The normalized spacial score (nSPS) is 11.8. The minimum absolute atomic E-state index is 0.755. The van der Waals surface area contributed by atoms with Crippen LogP contribution in [0.15, 0.2) is 22.7 Å². The molecule has 0 aromatic heterocycles. The fourth-order valence-electron chi connectivity index (χ4n) is 1.43. The molecule has 1 aromatic rings. The minimum atomic E-state index is -0.755. The van der Waals surface area contributed by atoms with Crippen molar-refractivity contribution in [3.8, 4) is 0 Å². The molecule has 1 rings (SSSR count). The second-order valence-electron chi connectivity index (χ2n) is 3.71. The van der Waals surface area contributed by atoms with Gasteiger partial charge in [0, 0.05) is 4.47 Å². The first-order valence-corrected chi connectivity index (χ1v) is 5.25. The Balaban J connectivity index is 3.24. The molecule has 1 aromatic carbocycles. The van der Waals surface area contributed by atoms with Gasteiger partial charge >= 0.3 is 0 Å². The van der Waals surface area contributed by atoms with E-state index in [4.69, 9.17) is 0 Å². The van der Waals surface area contributed by atoms with E-state index in [-0.39, 0.29) is 0 Å². The Bertz CT molecular complexity index is 299. The summed E-state index contributed by atoms with van der Waals surface area (Å²) in [6.07, 6.45) is 0.951. The van der Waals surface area contributed by atoms with Crippen LogP contribution in [-0.4, -0.2) is 5.11 Å². The van der Waals surface area contributed by atoms with Gasteiger partial charge in [-0.15, -0.1) is 0 Å². The summed E-state index contributed by atoms with van der Waals surface area (Å²) in [6, 6.07) is 6.05. The molecule has 0 radical (unpaired) electrons. The van der Waals surface area contributed by atoms with Gasteiger partial charge in [-0.05, 0) is 43.5 Å². The lowest BCUT2D eigenvalue weighted by atomic mass is 9.92. The molecule has 0 fully saturated rings. The predicted octanol–water partition coefficient (Wildman–Crippen LogP) is 3.24. The zero-order valence-corrected chi connectivity index (χ0v) is 9.85. The topological polar surface area (TPSA) is 20.2 Å². The maximum absolute atomic E-state index is 9.90. The number of aryl methyl sites for hydroxylation is 1. The predicted molar refractivity (Wildman–Crippen MR) is 58.8 cm³/mol. The highest BCUT2D eigenvalue weighted by atomic mass is 79.9. The van der Waals surface area contributed by atoms with E-state index in [1.807, 2.05) is 26.0 Å². The quantitative estimate of drug-likeness (QED) is 0.845. The fourth-order valence-corrected chi connectivity index (χ4v) is 1.79. The van der Waals surface area contributed by atoms with Crippen LogP contribution in [0.5, 0.6) is 0 Å². The Kier molecular flexibility index (Phi) is 3.14. The summed E-state index contributed by atoms with van der Waals surface area (Å²) in [5.74, 6) is 0. The molecule has 0 atom stereocenters. The van der Waals surface area contributed by atoms with Crippen LogP contribution < -0.4 is 0 Å². The average Bonchev–Trinajstić information content (AvgIpc) is 2.03. The zero-order valence-electron chi connectivity index (χ0n) is 8.26. The second kappa shape index (κ2) is 3.81. The van der Waals surface area contributed by atoms with E-state index in [0.717, 1.165) is 16.5 Å². The molecule has 0 saturated heterocycles. The Labute approximate surface area is 87.9 Å². The van der Waals surface area contributed by atoms with Gasteiger partial charge < -0.3 is 5.11 Å². The third kappa shape index (κ3) is 2.55. The number of hydrogen-bond donors (Lipinski definition) is 1. The summed E-state index contributed by atoms with van der Waals surface area (Å²) in [6.45, 7) is 5.72. The number of hydrogen-bond acceptors (Lipinski definition) is 1. The van der Waals surface area contributed by atoms with E-state index < -0.39 is 5.60 Å². The molecule has 0 spiro atoms. The van der Waals surface area contributed by atoms with Crippen molar-refractivity contribution in [3.05, 3.63) is 33.8 Å². The number of benzene rings is 1. The van der Waals surface area contributed by atoms with Crippen LogP contribution in [0.3, 0.4) is 0 Å². The number of aliphatic hydroxyl groups is 1. The van der Waals surface area contributed by atoms with E-state index in [9.17, 15) is 5.11 Å². The van der Waals surface area contributed by atoms with Crippen molar-refractivity contribution in [1.82, 2.24) is 0 Å². The van der Waals surface area contributed by atoms with Crippen LogP contribution in [0, 0.1) is 0 Å². The molecule has 0 aliphatic carbocycles. The Morgan fingerprint density at radius 2 is 2.00 bits per heavy atom. The summed E-state index contributed by atoms with van der Waals surface area (Å²) < 4.78 is 1.02. The molecule has 1 N–H and O–H groups in total. The average molecular weight is 243 g/mol. The first-order valence-electron chi connectivity index (χ1n) is 4.46. The lowest BCUT2D eigenvalue weighted by Gasteiger charge is -2.21. The van der Waals surface area contributed by atoms with Crippen molar-refractivity contribution in [3.63, 3.8) is 0 Å². The SMILES string of the molecule is CCc1ccc(Br)cc1C(C)(C)O. The minimum Gasteiger partial charge on any atom is -0.386 e. The molecule has 13 heavy (non-hydrogen) atoms. The van der Waals surface area contributed by atoms with Crippen LogP contribution in [0.4, 0.5) is 0 Å².